The molecule has 1 N–H and O–H groups in total. The van der Waals surface area contributed by atoms with Gasteiger partial charge in [-0.25, -0.2) is 4.79 Å². The van der Waals surface area contributed by atoms with Crippen molar-refractivity contribution in [2.75, 3.05) is 38.1 Å². The van der Waals surface area contributed by atoms with E-state index in [9.17, 15) is 9.59 Å². The van der Waals surface area contributed by atoms with E-state index in [1.54, 1.807) is 18.3 Å². The number of nitrogens with zero attached hydrogens (tertiary/aromatic N) is 5. The van der Waals surface area contributed by atoms with Gasteiger partial charge in [-0.05, 0) is 42.3 Å². The molecule has 0 radical (unpaired) electrons. The second kappa shape index (κ2) is 8.65. The minimum absolute atomic E-state index is 0.0324. The van der Waals surface area contributed by atoms with Crippen LogP contribution in [0.1, 0.15) is 29.2 Å². The molecule has 0 amide bonds. The lowest BCUT2D eigenvalue weighted by molar-refractivity contribution is 0.249. The number of aromatic nitrogens is 2. The van der Waals surface area contributed by atoms with Crippen LogP contribution in [0.4, 0.5) is 5.69 Å². The van der Waals surface area contributed by atoms with Gasteiger partial charge in [0.05, 0.1) is 17.2 Å². The highest BCUT2D eigenvalue weighted by Crippen LogP contribution is 2.28. The molecule has 8 heteroatoms. The van der Waals surface area contributed by atoms with Gasteiger partial charge in [0, 0.05) is 68.3 Å². The van der Waals surface area contributed by atoms with Gasteiger partial charge < -0.3 is 9.88 Å². The van der Waals surface area contributed by atoms with E-state index in [0.717, 1.165) is 71.7 Å². The first-order chi connectivity index (χ1) is 16.1. The fourth-order valence-electron chi connectivity index (χ4n) is 4.51. The maximum absolute atomic E-state index is 12.1. The molecule has 5 rings (SSSR count). The molecule has 33 heavy (non-hydrogen) atoms. The molecule has 0 spiro atoms. The molecule has 168 valence electrons. The summed E-state index contributed by atoms with van der Waals surface area (Å²) in [6.07, 6.45) is 4.39. The second-order valence-electron chi connectivity index (χ2n) is 8.51. The van der Waals surface area contributed by atoms with Crippen LogP contribution in [0.25, 0.3) is 16.7 Å². The van der Waals surface area contributed by atoms with Crippen LogP contribution < -0.4 is 10.5 Å². The number of pyridine rings is 2. The Kier molecular flexibility index (Phi) is 5.54. The number of rotatable bonds is 4. The Bertz CT molecular complexity index is 1350. The van der Waals surface area contributed by atoms with Crippen LogP contribution in [0, 0.1) is 0 Å². The number of hydrazone groups is 1. The third-order valence-corrected chi connectivity index (χ3v) is 6.43. The quantitative estimate of drug-likeness (QED) is 0.624. The third-order valence-electron chi connectivity index (χ3n) is 6.43. The van der Waals surface area contributed by atoms with E-state index < -0.39 is 0 Å². The molecule has 4 heterocycles. The molecule has 0 aliphatic carbocycles. The van der Waals surface area contributed by atoms with Gasteiger partial charge in [-0.2, -0.15) is 5.10 Å². The van der Waals surface area contributed by atoms with Gasteiger partial charge in [-0.3, -0.25) is 19.7 Å². The van der Waals surface area contributed by atoms with Gasteiger partial charge in [0.15, 0.2) is 11.6 Å². The zero-order valence-corrected chi connectivity index (χ0v) is 18.8. The maximum atomic E-state index is 12.1. The summed E-state index contributed by atoms with van der Waals surface area (Å²) in [6.45, 7) is 6.44. The Hall–Kier alpha value is -3.74. The van der Waals surface area contributed by atoms with E-state index in [1.165, 1.54) is 0 Å². The average Bonchev–Trinajstić information content (AvgIpc) is 2.84. The van der Waals surface area contributed by atoms with Crippen molar-refractivity contribution in [3.8, 4) is 0 Å². The van der Waals surface area contributed by atoms with Crippen molar-refractivity contribution in [1.82, 2.24) is 19.9 Å². The Balaban J connectivity index is 1.26. The first-order valence-corrected chi connectivity index (χ1v) is 11.2. The second-order valence-corrected chi connectivity index (χ2v) is 8.51. The predicted octanol–water partition coefficient (Wildman–Crippen LogP) is 2.26. The molecule has 2 aliphatic rings. The van der Waals surface area contributed by atoms with Crippen molar-refractivity contribution < 1.29 is 4.79 Å². The molecule has 2 aliphatic heterocycles. The number of benzene rings is 1. The van der Waals surface area contributed by atoms with Gasteiger partial charge in [0.1, 0.15) is 0 Å². The van der Waals surface area contributed by atoms with E-state index in [4.69, 9.17) is 0 Å². The van der Waals surface area contributed by atoms with Crippen molar-refractivity contribution in [1.29, 1.82) is 0 Å². The standard InChI is InChI=1S/C25H26N6O2/c1-3-18-12-22-23(28-25(18)33)10-17(13-26-22)15-30-6-8-31(9-7-30)20-4-5-21-19(11-20)14-27-29(2)24(21)16-32/h4-5,10-14H,3,6-9,15H2,1-2H3,(H,28,33). The summed E-state index contributed by atoms with van der Waals surface area (Å²) in [6, 6.07) is 10.0. The summed E-state index contributed by atoms with van der Waals surface area (Å²) in [5.74, 6) is 1.99. The van der Waals surface area contributed by atoms with Crippen LogP contribution >= 0.6 is 0 Å². The highest BCUT2D eigenvalue weighted by molar-refractivity contribution is 5.98. The molecule has 1 fully saturated rings. The van der Waals surface area contributed by atoms with Crippen molar-refractivity contribution in [2.45, 2.75) is 19.9 Å². The summed E-state index contributed by atoms with van der Waals surface area (Å²) in [7, 11) is 1.75. The van der Waals surface area contributed by atoms with Crippen molar-refractivity contribution in [3.63, 3.8) is 0 Å². The lowest BCUT2D eigenvalue weighted by atomic mass is 10.0. The number of aromatic amines is 1. The Morgan fingerprint density at radius 3 is 2.70 bits per heavy atom. The van der Waals surface area contributed by atoms with Crippen LogP contribution in [-0.2, 0) is 17.8 Å². The highest BCUT2D eigenvalue weighted by atomic mass is 16.1. The van der Waals surface area contributed by atoms with Gasteiger partial charge in [0.25, 0.3) is 5.56 Å². The molecule has 0 bridgehead atoms. The minimum atomic E-state index is -0.0324. The summed E-state index contributed by atoms with van der Waals surface area (Å²) in [4.78, 5) is 35.7. The molecule has 0 unspecified atom stereocenters. The van der Waals surface area contributed by atoms with E-state index >= 15 is 0 Å². The Morgan fingerprint density at radius 2 is 1.94 bits per heavy atom. The topological polar surface area (TPSA) is 84.9 Å². The SMILES string of the molecule is CCc1cc2ncc(CN3CCN(c4ccc5c(c4)C=NN(C)C5=C=O)CC3)cc2[nH]c1=O. The molecule has 0 saturated carbocycles. The van der Waals surface area contributed by atoms with Crippen molar-refractivity contribution >= 4 is 34.6 Å². The minimum Gasteiger partial charge on any atom is -0.369 e. The highest BCUT2D eigenvalue weighted by Gasteiger charge is 2.21. The molecule has 2 aromatic heterocycles. The number of carbonyl (C=O) groups excluding carboxylic acids is 1. The molecule has 1 saturated heterocycles. The lowest BCUT2D eigenvalue weighted by Gasteiger charge is -2.36. The molecular formula is C25H26N6O2. The van der Waals surface area contributed by atoms with E-state index in [2.05, 4.69) is 37.0 Å². The summed E-state index contributed by atoms with van der Waals surface area (Å²) in [5, 5.41) is 5.81. The lowest BCUT2D eigenvalue weighted by Crippen LogP contribution is -2.46. The number of H-pyrrole nitrogens is 1. The van der Waals surface area contributed by atoms with Crippen LogP contribution in [0.5, 0.6) is 0 Å². The van der Waals surface area contributed by atoms with Crippen molar-refractivity contribution in [2.24, 2.45) is 5.10 Å². The smallest absolute Gasteiger partial charge is 0.251 e. The fraction of sp³-hybridized carbons (Fsp3) is 0.320. The van der Waals surface area contributed by atoms with Crippen LogP contribution in [0.15, 0.2) is 46.4 Å². The zero-order valence-electron chi connectivity index (χ0n) is 18.8. The first-order valence-electron chi connectivity index (χ1n) is 11.2. The monoisotopic (exact) mass is 442 g/mol. The molecule has 8 nitrogen and oxygen atoms in total. The summed E-state index contributed by atoms with van der Waals surface area (Å²) >= 11 is 0. The number of hydrogen-bond donors (Lipinski definition) is 1. The van der Waals surface area contributed by atoms with Gasteiger partial charge in [-0.1, -0.05) is 6.92 Å². The predicted molar refractivity (Wildman–Crippen MR) is 130 cm³/mol. The zero-order chi connectivity index (χ0) is 22.9. The maximum Gasteiger partial charge on any atom is 0.251 e. The fourth-order valence-corrected chi connectivity index (χ4v) is 4.51. The van der Waals surface area contributed by atoms with E-state index in [1.807, 2.05) is 37.3 Å². The van der Waals surface area contributed by atoms with Gasteiger partial charge >= 0.3 is 0 Å². The average molecular weight is 443 g/mol. The number of hydrogen-bond acceptors (Lipinski definition) is 7. The molecule has 0 atom stereocenters. The first kappa shape index (κ1) is 21.1. The Morgan fingerprint density at radius 1 is 1.12 bits per heavy atom. The summed E-state index contributed by atoms with van der Waals surface area (Å²) < 4.78 is 0. The van der Waals surface area contributed by atoms with E-state index in [0.29, 0.717) is 12.1 Å². The van der Waals surface area contributed by atoms with Crippen LogP contribution in [-0.4, -0.2) is 65.3 Å². The molecular weight excluding hydrogens is 416 g/mol. The largest absolute Gasteiger partial charge is 0.369 e. The van der Waals surface area contributed by atoms with E-state index in [-0.39, 0.29) is 5.56 Å². The molecule has 3 aromatic rings. The Labute approximate surface area is 191 Å². The number of piperazine rings is 1. The third kappa shape index (κ3) is 4.06. The number of nitrogens with one attached hydrogen (secondary N) is 1. The number of anilines is 1. The summed E-state index contributed by atoms with van der Waals surface area (Å²) in [5.41, 5.74) is 6.83. The van der Waals surface area contributed by atoms with Crippen molar-refractivity contribution in [3.05, 3.63) is 69.1 Å². The van der Waals surface area contributed by atoms with Crippen LogP contribution in [0.2, 0.25) is 0 Å². The number of aryl methyl sites for hydroxylation is 1. The van der Waals surface area contributed by atoms with Crippen LogP contribution in [0.3, 0.4) is 0 Å². The molecule has 1 aromatic carbocycles. The normalized spacial score (nSPS) is 16.2. The van der Waals surface area contributed by atoms with Gasteiger partial charge in [0.2, 0.25) is 0 Å². The van der Waals surface area contributed by atoms with Gasteiger partial charge in [-0.15, -0.1) is 0 Å². The number of fused-ring (bicyclic) bond motifs is 2.